The first-order valence-corrected chi connectivity index (χ1v) is 6.79. The predicted molar refractivity (Wildman–Crippen MR) is 81.4 cm³/mol. The molecule has 0 aliphatic carbocycles. The molecule has 104 valence electrons. The van der Waals surface area contributed by atoms with Crippen molar-refractivity contribution in [3.05, 3.63) is 58.1 Å². The molecule has 0 heterocycles. The van der Waals surface area contributed by atoms with Crippen LogP contribution in [0.15, 0.2) is 46.9 Å². The van der Waals surface area contributed by atoms with Crippen LogP contribution in [0.3, 0.4) is 0 Å². The van der Waals surface area contributed by atoms with E-state index in [9.17, 15) is 4.79 Å². The Kier molecular flexibility index (Phi) is 4.63. The summed E-state index contributed by atoms with van der Waals surface area (Å²) in [6.45, 7) is 0.535. The Morgan fingerprint density at radius 1 is 1.30 bits per heavy atom. The maximum absolute atomic E-state index is 11.1. The third kappa shape index (κ3) is 3.30. The number of hydrogen-bond donors (Lipinski definition) is 2. The van der Waals surface area contributed by atoms with E-state index in [-0.39, 0.29) is 5.56 Å². The van der Waals surface area contributed by atoms with Gasteiger partial charge >= 0.3 is 5.97 Å². The summed E-state index contributed by atoms with van der Waals surface area (Å²) in [4.78, 5) is 11.1. The summed E-state index contributed by atoms with van der Waals surface area (Å²) in [7, 11) is 1.61. The van der Waals surface area contributed by atoms with Gasteiger partial charge < -0.3 is 15.2 Å². The van der Waals surface area contributed by atoms with Gasteiger partial charge in [-0.1, -0.05) is 18.2 Å². The summed E-state index contributed by atoms with van der Waals surface area (Å²) >= 11 is 3.42. The summed E-state index contributed by atoms with van der Waals surface area (Å²) in [5.74, 6) is -0.177. The number of benzene rings is 2. The lowest BCUT2D eigenvalue weighted by Gasteiger charge is -2.10. The molecule has 0 atom stereocenters. The van der Waals surface area contributed by atoms with Crippen LogP contribution in [0.5, 0.6) is 5.75 Å². The van der Waals surface area contributed by atoms with Gasteiger partial charge in [-0.05, 0) is 45.8 Å². The summed E-state index contributed by atoms with van der Waals surface area (Å²) in [5, 5.41) is 12.2. The van der Waals surface area contributed by atoms with E-state index in [1.807, 2.05) is 18.2 Å². The van der Waals surface area contributed by atoms with Gasteiger partial charge in [-0.2, -0.15) is 0 Å². The second kappa shape index (κ2) is 6.43. The highest BCUT2D eigenvalue weighted by Crippen LogP contribution is 2.26. The Morgan fingerprint density at radius 3 is 2.70 bits per heavy atom. The van der Waals surface area contributed by atoms with Crippen molar-refractivity contribution >= 4 is 27.6 Å². The minimum Gasteiger partial charge on any atom is -0.496 e. The Balaban J connectivity index is 2.13. The first-order valence-electron chi connectivity index (χ1n) is 6.00. The zero-order chi connectivity index (χ0) is 14.5. The van der Waals surface area contributed by atoms with Crippen molar-refractivity contribution in [2.75, 3.05) is 12.4 Å². The number of ether oxygens (including phenoxy) is 1. The molecule has 0 radical (unpaired) electrons. The molecule has 2 rings (SSSR count). The van der Waals surface area contributed by atoms with Gasteiger partial charge in [0.2, 0.25) is 0 Å². The van der Waals surface area contributed by atoms with Gasteiger partial charge in [0.05, 0.1) is 17.1 Å². The average Bonchev–Trinajstić information content (AvgIpc) is 2.45. The normalized spacial score (nSPS) is 10.1. The molecule has 0 aliphatic rings. The SMILES string of the molecule is COc1ccc(CNc2ccccc2C(=O)O)cc1Br. The Hall–Kier alpha value is -2.01. The molecule has 0 saturated carbocycles. The number of rotatable bonds is 5. The molecule has 2 aromatic carbocycles. The van der Waals surface area contributed by atoms with Crippen LogP contribution in [0, 0.1) is 0 Å². The number of hydrogen-bond acceptors (Lipinski definition) is 3. The van der Waals surface area contributed by atoms with Crippen molar-refractivity contribution in [3.8, 4) is 5.75 Å². The first-order chi connectivity index (χ1) is 9.61. The number of carboxylic acid groups (broad SMARTS) is 1. The predicted octanol–water partition coefficient (Wildman–Crippen LogP) is 3.77. The van der Waals surface area contributed by atoms with Crippen LogP contribution in [0.4, 0.5) is 5.69 Å². The fourth-order valence-electron chi connectivity index (χ4n) is 1.84. The van der Waals surface area contributed by atoms with E-state index >= 15 is 0 Å². The van der Waals surface area contributed by atoms with E-state index in [4.69, 9.17) is 9.84 Å². The lowest BCUT2D eigenvalue weighted by Crippen LogP contribution is -2.06. The van der Waals surface area contributed by atoms with Gasteiger partial charge in [0.15, 0.2) is 0 Å². The van der Waals surface area contributed by atoms with Crippen molar-refractivity contribution in [1.29, 1.82) is 0 Å². The average molecular weight is 336 g/mol. The zero-order valence-electron chi connectivity index (χ0n) is 10.9. The van der Waals surface area contributed by atoms with Gasteiger partial charge in [-0.15, -0.1) is 0 Å². The first kappa shape index (κ1) is 14.4. The van der Waals surface area contributed by atoms with E-state index in [2.05, 4.69) is 21.2 Å². The number of methoxy groups -OCH3 is 1. The van der Waals surface area contributed by atoms with Crippen molar-refractivity contribution in [2.45, 2.75) is 6.54 Å². The van der Waals surface area contributed by atoms with Crippen LogP contribution in [0.25, 0.3) is 0 Å². The third-order valence-corrected chi connectivity index (χ3v) is 3.48. The number of carbonyl (C=O) groups is 1. The van der Waals surface area contributed by atoms with E-state index < -0.39 is 5.97 Å². The topological polar surface area (TPSA) is 58.6 Å². The molecule has 4 nitrogen and oxygen atoms in total. The fourth-order valence-corrected chi connectivity index (χ4v) is 2.43. The molecule has 0 aliphatic heterocycles. The summed E-state index contributed by atoms with van der Waals surface area (Å²) in [5.41, 5.74) is 1.89. The molecule has 0 bridgehead atoms. The van der Waals surface area contributed by atoms with Crippen molar-refractivity contribution in [3.63, 3.8) is 0 Å². The fraction of sp³-hybridized carbons (Fsp3) is 0.133. The molecule has 0 unspecified atom stereocenters. The third-order valence-electron chi connectivity index (χ3n) is 2.86. The zero-order valence-corrected chi connectivity index (χ0v) is 12.5. The Labute approximate surface area is 125 Å². The monoisotopic (exact) mass is 335 g/mol. The van der Waals surface area contributed by atoms with Gasteiger partial charge in [-0.25, -0.2) is 4.79 Å². The van der Waals surface area contributed by atoms with Crippen LogP contribution >= 0.6 is 15.9 Å². The molecule has 0 spiro atoms. The minimum absolute atomic E-state index is 0.264. The quantitative estimate of drug-likeness (QED) is 0.873. The van der Waals surface area contributed by atoms with Crippen LogP contribution in [0.2, 0.25) is 0 Å². The highest BCUT2D eigenvalue weighted by Gasteiger charge is 2.08. The smallest absolute Gasteiger partial charge is 0.337 e. The molecule has 0 fully saturated rings. The van der Waals surface area contributed by atoms with E-state index in [1.165, 1.54) is 0 Å². The van der Waals surface area contributed by atoms with Crippen LogP contribution in [0.1, 0.15) is 15.9 Å². The number of carboxylic acids is 1. The van der Waals surface area contributed by atoms with E-state index in [1.54, 1.807) is 31.4 Å². The molecule has 0 aromatic heterocycles. The number of anilines is 1. The second-order valence-corrected chi connectivity index (χ2v) is 5.03. The van der Waals surface area contributed by atoms with Gasteiger partial charge in [-0.3, -0.25) is 0 Å². The summed E-state index contributed by atoms with van der Waals surface area (Å²) in [6, 6.07) is 12.6. The van der Waals surface area contributed by atoms with Crippen molar-refractivity contribution in [2.24, 2.45) is 0 Å². The van der Waals surface area contributed by atoms with E-state index in [0.29, 0.717) is 12.2 Å². The standard InChI is InChI=1S/C15H14BrNO3/c1-20-14-7-6-10(8-12(14)16)9-17-13-5-3-2-4-11(13)15(18)19/h2-8,17H,9H2,1H3,(H,18,19). The van der Waals surface area contributed by atoms with Crippen LogP contribution in [-0.2, 0) is 6.54 Å². The Bertz CT molecular complexity index is 628. The maximum Gasteiger partial charge on any atom is 0.337 e. The molecule has 2 N–H and O–H groups in total. The van der Waals surface area contributed by atoms with Gasteiger partial charge in [0.25, 0.3) is 0 Å². The highest BCUT2D eigenvalue weighted by atomic mass is 79.9. The maximum atomic E-state index is 11.1. The van der Waals surface area contributed by atoms with Gasteiger partial charge in [0, 0.05) is 12.2 Å². The lowest BCUT2D eigenvalue weighted by atomic mass is 10.1. The number of halogens is 1. The van der Waals surface area contributed by atoms with Crippen LogP contribution < -0.4 is 10.1 Å². The molecular formula is C15H14BrNO3. The molecule has 5 heteroatoms. The highest BCUT2D eigenvalue weighted by molar-refractivity contribution is 9.10. The molecule has 0 saturated heterocycles. The number of nitrogens with one attached hydrogen (secondary N) is 1. The number of aromatic carboxylic acids is 1. The summed E-state index contributed by atoms with van der Waals surface area (Å²) < 4.78 is 6.03. The second-order valence-electron chi connectivity index (χ2n) is 4.17. The van der Waals surface area contributed by atoms with Crippen molar-refractivity contribution in [1.82, 2.24) is 0 Å². The Morgan fingerprint density at radius 2 is 2.05 bits per heavy atom. The van der Waals surface area contributed by atoms with E-state index in [0.717, 1.165) is 15.8 Å². The number of para-hydroxylation sites is 1. The summed E-state index contributed by atoms with van der Waals surface area (Å²) in [6.07, 6.45) is 0. The minimum atomic E-state index is -0.941. The molecule has 20 heavy (non-hydrogen) atoms. The van der Waals surface area contributed by atoms with Gasteiger partial charge in [0.1, 0.15) is 5.75 Å². The largest absolute Gasteiger partial charge is 0.496 e. The lowest BCUT2D eigenvalue weighted by molar-refractivity contribution is 0.0698. The van der Waals surface area contributed by atoms with Crippen LogP contribution in [-0.4, -0.2) is 18.2 Å². The van der Waals surface area contributed by atoms with Crippen molar-refractivity contribution < 1.29 is 14.6 Å². The molecule has 2 aromatic rings. The molecular weight excluding hydrogens is 322 g/mol. The molecule has 0 amide bonds.